The van der Waals surface area contributed by atoms with Crippen LogP contribution in [0, 0.1) is 0 Å². The maximum absolute atomic E-state index is 13.0. The second kappa shape index (κ2) is 9.84. The Morgan fingerprint density at radius 2 is 1.73 bits per heavy atom. The van der Waals surface area contributed by atoms with E-state index in [9.17, 15) is 9.59 Å². The fourth-order valence-corrected chi connectivity index (χ4v) is 6.03. The standard InChI is InChI=1S/C28H28N2O2S/c31-26-19-33-28(30(26)18-17-20-7-2-1-3-8-20)23-15-13-22(14-16-23)27(32)29-25-12-6-10-21-9-4-5-11-24(21)25/h1-5,7-9,11,13-16,25,28H,6,10,12,17-19H2,(H,29,32). The monoisotopic (exact) mass is 456 g/mol. The molecule has 1 fully saturated rings. The van der Waals surface area contributed by atoms with Gasteiger partial charge in [-0.25, -0.2) is 0 Å². The van der Waals surface area contributed by atoms with Crippen molar-refractivity contribution in [3.05, 3.63) is 107 Å². The van der Waals surface area contributed by atoms with Gasteiger partial charge in [0.05, 0.1) is 11.8 Å². The molecule has 3 aromatic rings. The first-order valence-corrected chi connectivity index (χ1v) is 12.7. The first-order valence-electron chi connectivity index (χ1n) is 11.6. The van der Waals surface area contributed by atoms with Crippen LogP contribution in [-0.4, -0.2) is 29.0 Å². The molecule has 2 atom stereocenters. The second-order valence-electron chi connectivity index (χ2n) is 8.73. The van der Waals surface area contributed by atoms with Gasteiger partial charge in [-0.1, -0.05) is 66.7 Å². The molecule has 2 aliphatic rings. The quantitative estimate of drug-likeness (QED) is 0.547. The highest BCUT2D eigenvalue weighted by Crippen LogP contribution is 2.38. The van der Waals surface area contributed by atoms with Crippen LogP contribution in [0.1, 0.15) is 56.9 Å². The van der Waals surface area contributed by atoms with Crippen molar-refractivity contribution >= 4 is 23.6 Å². The van der Waals surface area contributed by atoms with E-state index in [1.54, 1.807) is 11.8 Å². The summed E-state index contributed by atoms with van der Waals surface area (Å²) in [7, 11) is 0. The molecule has 2 amide bonds. The van der Waals surface area contributed by atoms with Crippen LogP contribution in [0.5, 0.6) is 0 Å². The van der Waals surface area contributed by atoms with E-state index in [4.69, 9.17) is 0 Å². The van der Waals surface area contributed by atoms with Gasteiger partial charge in [0, 0.05) is 12.1 Å². The van der Waals surface area contributed by atoms with Crippen LogP contribution in [0.2, 0.25) is 0 Å². The van der Waals surface area contributed by atoms with E-state index in [1.807, 2.05) is 53.4 Å². The lowest BCUT2D eigenvalue weighted by Crippen LogP contribution is -2.31. The van der Waals surface area contributed by atoms with E-state index in [-0.39, 0.29) is 23.2 Å². The number of rotatable bonds is 6. The van der Waals surface area contributed by atoms with Gasteiger partial charge < -0.3 is 10.2 Å². The van der Waals surface area contributed by atoms with Crippen molar-refractivity contribution in [2.75, 3.05) is 12.3 Å². The average molecular weight is 457 g/mol. The van der Waals surface area contributed by atoms with Gasteiger partial charge in [-0.3, -0.25) is 9.59 Å². The Hall–Kier alpha value is -3.05. The Morgan fingerprint density at radius 3 is 2.55 bits per heavy atom. The van der Waals surface area contributed by atoms with E-state index in [2.05, 4.69) is 35.6 Å². The number of hydrogen-bond acceptors (Lipinski definition) is 3. The molecule has 168 valence electrons. The fraction of sp³-hybridized carbons (Fsp3) is 0.286. The minimum atomic E-state index is -0.0423. The third kappa shape index (κ3) is 4.83. The summed E-state index contributed by atoms with van der Waals surface area (Å²) in [6.45, 7) is 0.698. The summed E-state index contributed by atoms with van der Waals surface area (Å²) in [6, 6.07) is 26.5. The van der Waals surface area contributed by atoms with Crippen molar-refractivity contribution in [2.24, 2.45) is 0 Å². The average Bonchev–Trinajstić information content (AvgIpc) is 3.24. The lowest BCUT2D eigenvalue weighted by atomic mass is 9.87. The predicted molar refractivity (Wildman–Crippen MR) is 133 cm³/mol. The second-order valence-corrected chi connectivity index (χ2v) is 9.79. The summed E-state index contributed by atoms with van der Waals surface area (Å²) >= 11 is 1.66. The van der Waals surface area contributed by atoms with E-state index in [1.165, 1.54) is 16.7 Å². The van der Waals surface area contributed by atoms with Gasteiger partial charge in [0.1, 0.15) is 5.37 Å². The molecule has 3 aromatic carbocycles. The van der Waals surface area contributed by atoms with Gasteiger partial charge in [-0.15, -0.1) is 11.8 Å². The minimum absolute atomic E-state index is 0.00328. The van der Waals surface area contributed by atoms with Crippen molar-refractivity contribution in [2.45, 2.75) is 37.1 Å². The van der Waals surface area contributed by atoms with Crippen LogP contribution in [0.15, 0.2) is 78.9 Å². The summed E-state index contributed by atoms with van der Waals surface area (Å²) in [6.07, 6.45) is 3.98. The summed E-state index contributed by atoms with van der Waals surface area (Å²) in [5, 5.41) is 3.23. The number of carbonyl (C=O) groups excluding carboxylic acids is 2. The topological polar surface area (TPSA) is 49.4 Å². The number of nitrogens with zero attached hydrogens (tertiary/aromatic N) is 1. The van der Waals surface area contributed by atoms with Crippen LogP contribution in [-0.2, 0) is 17.6 Å². The van der Waals surface area contributed by atoms with Gasteiger partial charge in [0.25, 0.3) is 5.91 Å². The third-order valence-corrected chi connectivity index (χ3v) is 7.84. The van der Waals surface area contributed by atoms with Crippen LogP contribution >= 0.6 is 11.8 Å². The molecule has 1 saturated heterocycles. The zero-order valence-electron chi connectivity index (χ0n) is 18.6. The summed E-state index contributed by atoms with van der Waals surface area (Å²) < 4.78 is 0. The predicted octanol–water partition coefficient (Wildman–Crippen LogP) is 5.31. The van der Waals surface area contributed by atoms with E-state index in [0.29, 0.717) is 17.9 Å². The highest BCUT2D eigenvalue weighted by atomic mass is 32.2. The van der Waals surface area contributed by atoms with Crippen molar-refractivity contribution in [3.63, 3.8) is 0 Å². The molecule has 1 aliphatic carbocycles. The van der Waals surface area contributed by atoms with Crippen LogP contribution in [0.3, 0.4) is 0 Å². The Bertz CT molecular complexity index is 1130. The molecular weight excluding hydrogens is 428 g/mol. The van der Waals surface area contributed by atoms with E-state index >= 15 is 0 Å². The van der Waals surface area contributed by atoms with Crippen LogP contribution < -0.4 is 5.32 Å². The first kappa shape index (κ1) is 21.8. The molecule has 1 heterocycles. The zero-order valence-corrected chi connectivity index (χ0v) is 19.4. The molecule has 0 spiro atoms. The number of hydrogen-bond donors (Lipinski definition) is 1. The molecule has 0 aromatic heterocycles. The van der Waals surface area contributed by atoms with Gasteiger partial charge in [-0.2, -0.15) is 0 Å². The van der Waals surface area contributed by atoms with Gasteiger partial charge in [0.2, 0.25) is 5.91 Å². The zero-order chi connectivity index (χ0) is 22.6. The van der Waals surface area contributed by atoms with Gasteiger partial charge >= 0.3 is 0 Å². The normalized spacial score (nSPS) is 19.9. The first-order chi connectivity index (χ1) is 16.2. The molecule has 5 rings (SSSR count). The van der Waals surface area contributed by atoms with E-state index in [0.717, 1.165) is 31.2 Å². The molecule has 1 N–H and O–H groups in total. The number of nitrogens with one attached hydrogen (secondary N) is 1. The molecule has 0 saturated carbocycles. The Kier molecular flexibility index (Phi) is 6.49. The number of fused-ring (bicyclic) bond motifs is 1. The van der Waals surface area contributed by atoms with Crippen molar-refractivity contribution in [3.8, 4) is 0 Å². The maximum Gasteiger partial charge on any atom is 0.251 e. The van der Waals surface area contributed by atoms with Crippen LogP contribution in [0.25, 0.3) is 0 Å². The van der Waals surface area contributed by atoms with Gasteiger partial charge in [0.15, 0.2) is 0 Å². The molecule has 33 heavy (non-hydrogen) atoms. The lowest BCUT2D eigenvalue weighted by Gasteiger charge is -2.26. The Labute approximate surface area is 199 Å². The van der Waals surface area contributed by atoms with Crippen LogP contribution in [0.4, 0.5) is 0 Å². The molecule has 0 radical (unpaired) electrons. The highest BCUT2D eigenvalue weighted by molar-refractivity contribution is 8.00. The number of carbonyl (C=O) groups is 2. The summed E-state index contributed by atoms with van der Waals surface area (Å²) in [5.41, 5.74) is 5.54. The fourth-order valence-electron chi connectivity index (χ4n) is 4.81. The molecule has 4 nitrogen and oxygen atoms in total. The van der Waals surface area contributed by atoms with E-state index < -0.39 is 0 Å². The van der Waals surface area contributed by atoms with Gasteiger partial charge in [-0.05, 0) is 60.1 Å². The SMILES string of the molecule is O=C(NC1CCCc2ccccc21)c1ccc(C2SCC(=O)N2CCc2ccccc2)cc1. The van der Waals surface area contributed by atoms with Crippen molar-refractivity contribution in [1.29, 1.82) is 0 Å². The number of amides is 2. The molecule has 1 aliphatic heterocycles. The number of thioether (sulfide) groups is 1. The van der Waals surface area contributed by atoms with Crippen molar-refractivity contribution in [1.82, 2.24) is 10.2 Å². The molecule has 2 unspecified atom stereocenters. The molecule has 0 bridgehead atoms. The largest absolute Gasteiger partial charge is 0.345 e. The number of benzene rings is 3. The lowest BCUT2D eigenvalue weighted by molar-refractivity contribution is -0.128. The maximum atomic E-state index is 13.0. The third-order valence-electron chi connectivity index (χ3n) is 6.59. The number of aryl methyl sites for hydroxylation is 1. The minimum Gasteiger partial charge on any atom is -0.345 e. The Balaban J connectivity index is 1.25. The van der Waals surface area contributed by atoms with Crippen molar-refractivity contribution < 1.29 is 9.59 Å². The molecular formula is C28H28N2O2S. The summed E-state index contributed by atoms with van der Waals surface area (Å²) in [4.78, 5) is 27.4. The smallest absolute Gasteiger partial charge is 0.251 e. The molecule has 5 heteroatoms. The Morgan fingerprint density at radius 1 is 0.970 bits per heavy atom. The summed E-state index contributed by atoms with van der Waals surface area (Å²) in [5.74, 6) is 0.640. The highest BCUT2D eigenvalue weighted by Gasteiger charge is 2.32.